The lowest BCUT2D eigenvalue weighted by molar-refractivity contribution is -0.152. The molecule has 0 bridgehead atoms. The number of furan rings is 1. The van der Waals surface area contributed by atoms with Gasteiger partial charge in [-0.2, -0.15) is 13.2 Å². The van der Waals surface area contributed by atoms with Crippen LogP contribution in [0.25, 0.3) is 0 Å². The van der Waals surface area contributed by atoms with Gasteiger partial charge >= 0.3 is 6.18 Å². The van der Waals surface area contributed by atoms with Crippen LogP contribution in [0, 0.1) is 20.8 Å². The van der Waals surface area contributed by atoms with Crippen LogP contribution in [0.15, 0.2) is 33.6 Å². The summed E-state index contributed by atoms with van der Waals surface area (Å²) < 4.78 is 44.7. The summed E-state index contributed by atoms with van der Waals surface area (Å²) in [6.07, 6.45) is -4.46. The quantitative estimate of drug-likeness (QED) is 0.774. The number of benzene rings is 1. The van der Waals surface area contributed by atoms with Crippen molar-refractivity contribution in [1.29, 1.82) is 0 Å². The molecule has 1 aromatic heterocycles. The Kier molecular flexibility index (Phi) is 4.04. The molecule has 0 spiro atoms. The molecule has 0 saturated heterocycles. The number of anilines is 1. The number of alkyl halides is 3. The van der Waals surface area contributed by atoms with Crippen molar-refractivity contribution in [3.05, 3.63) is 46.7 Å². The van der Waals surface area contributed by atoms with Gasteiger partial charge in [0.25, 0.3) is 0 Å². The van der Waals surface area contributed by atoms with E-state index in [2.05, 4.69) is 4.72 Å². The average molecular weight is 301 g/mol. The van der Waals surface area contributed by atoms with E-state index in [1.165, 1.54) is 18.0 Å². The summed E-state index contributed by atoms with van der Waals surface area (Å²) in [6.45, 7) is 5.94. The molecule has 0 aliphatic rings. The molecule has 0 fully saturated rings. The summed E-state index contributed by atoms with van der Waals surface area (Å²) in [5.74, 6) is -0.917. The van der Waals surface area contributed by atoms with Gasteiger partial charge < -0.3 is 4.42 Å². The van der Waals surface area contributed by atoms with Gasteiger partial charge in [-0.1, -0.05) is 17.7 Å². The van der Waals surface area contributed by atoms with Gasteiger partial charge in [-0.25, -0.2) is 0 Å². The summed E-state index contributed by atoms with van der Waals surface area (Å²) in [6, 6.07) is 6.24. The van der Waals surface area contributed by atoms with Crippen LogP contribution < -0.4 is 4.72 Å². The molecule has 1 N–H and O–H groups in total. The van der Waals surface area contributed by atoms with Crippen LogP contribution in [-0.2, 0) is 6.18 Å². The summed E-state index contributed by atoms with van der Waals surface area (Å²) in [7, 11) is 0. The van der Waals surface area contributed by atoms with E-state index in [9.17, 15) is 13.2 Å². The molecule has 2 nitrogen and oxygen atoms in total. The van der Waals surface area contributed by atoms with E-state index < -0.39 is 11.9 Å². The minimum atomic E-state index is -4.46. The first kappa shape index (κ1) is 14.8. The zero-order chi connectivity index (χ0) is 14.9. The van der Waals surface area contributed by atoms with Crippen LogP contribution in [0.1, 0.15) is 22.5 Å². The molecule has 0 atom stereocenters. The highest BCUT2D eigenvalue weighted by Gasteiger charge is 2.34. The Morgan fingerprint density at radius 2 is 1.65 bits per heavy atom. The maximum atomic E-state index is 12.4. The van der Waals surface area contributed by atoms with Crippen molar-refractivity contribution >= 4 is 17.8 Å². The maximum Gasteiger partial charge on any atom is 0.449 e. The monoisotopic (exact) mass is 301 g/mol. The van der Waals surface area contributed by atoms with Crippen molar-refractivity contribution in [3.8, 4) is 0 Å². The van der Waals surface area contributed by atoms with E-state index in [0.717, 1.165) is 27.7 Å². The molecule has 20 heavy (non-hydrogen) atoms. The Hall–Kier alpha value is -1.56. The Labute approximate surface area is 119 Å². The van der Waals surface area contributed by atoms with E-state index in [4.69, 9.17) is 4.42 Å². The van der Waals surface area contributed by atoms with Crippen molar-refractivity contribution in [2.75, 3.05) is 4.72 Å². The molecule has 0 amide bonds. The summed E-state index contributed by atoms with van der Waals surface area (Å²) in [4.78, 5) is 0.987. The lowest BCUT2D eigenvalue weighted by atomic mass is 10.1. The number of hydrogen-bond donors (Lipinski definition) is 1. The van der Waals surface area contributed by atoms with Gasteiger partial charge in [0.1, 0.15) is 0 Å². The normalized spacial score (nSPS) is 11.7. The van der Waals surface area contributed by atoms with Gasteiger partial charge in [-0.3, -0.25) is 4.72 Å². The van der Waals surface area contributed by atoms with Gasteiger partial charge in [0.05, 0.1) is 0 Å². The van der Waals surface area contributed by atoms with Crippen LogP contribution in [0.4, 0.5) is 19.1 Å². The molecular formula is C14H14F3NOS. The molecule has 1 heterocycles. The number of hydrogen-bond acceptors (Lipinski definition) is 3. The smallest absolute Gasteiger partial charge is 0.435 e. The fourth-order valence-electron chi connectivity index (χ4n) is 1.97. The van der Waals surface area contributed by atoms with Gasteiger partial charge in [0, 0.05) is 11.0 Å². The van der Waals surface area contributed by atoms with Crippen molar-refractivity contribution in [1.82, 2.24) is 0 Å². The van der Waals surface area contributed by atoms with Gasteiger partial charge in [0.2, 0.25) is 11.6 Å². The van der Waals surface area contributed by atoms with Crippen LogP contribution in [0.2, 0.25) is 0 Å². The zero-order valence-corrected chi connectivity index (χ0v) is 12.1. The molecule has 2 aromatic rings. The Morgan fingerprint density at radius 1 is 1.05 bits per heavy atom. The highest BCUT2D eigenvalue weighted by atomic mass is 32.2. The Morgan fingerprint density at radius 3 is 2.15 bits per heavy atom. The van der Waals surface area contributed by atoms with Crippen LogP contribution in [0.5, 0.6) is 0 Å². The van der Waals surface area contributed by atoms with Gasteiger partial charge in [-0.05, 0) is 49.9 Å². The summed E-state index contributed by atoms with van der Waals surface area (Å²) in [5.41, 5.74) is 3.30. The van der Waals surface area contributed by atoms with Gasteiger partial charge in [0.15, 0.2) is 0 Å². The number of rotatable bonds is 3. The first-order valence-electron chi connectivity index (χ1n) is 5.95. The second-order valence-corrected chi connectivity index (χ2v) is 5.41. The third-order valence-electron chi connectivity index (χ3n) is 2.74. The fraction of sp³-hybridized carbons (Fsp3) is 0.286. The SMILES string of the molecule is Cc1cc(C)c(SNc2ccc(C(F)(F)F)o2)c(C)c1. The molecule has 0 radical (unpaired) electrons. The van der Waals surface area contributed by atoms with E-state index in [1.807, 2.05) is 32.9 Å². The third kappa shape index (κ3) is 3.30. The predicted octanol–water partition coefficient (Wildman–Crippen LogP) is 5.34. The predicted molar refractivity (Wildman–Crippen MR) is 73.8 cm³/mol. The molecule has 0 saturated carbocycles. The Balaban J connectivity index is 2.12. The van der Waals surface area contributed by atoms with E-state index in [1.54, 1.807) is 0 Å². The van der Waals surface area contributed by atoms with E-state index >= 15 is 0 Å². The summed E-state index contributed by atoms with van der Waals surface area (Å²) in [5, 5.41) is 0. The van der Waals surface area contributed by atoms with Crippen molar-refractivity contribution in [3.63, 3.8) is 0 Å². The second kappa shape index (κ2) is 5.44. The minimum absolute atomic E-state index is 0.0849. The highest BCUT2D eigenvalue weighted by Crippen LogP contribution is 2.34. The van der Waals surface area contributed by atoms with Crippen LogP contribution in [0.3, 0.4) is 0 Å². The fourth-order valence-corrected chi connectivity index (χ4v) is 2.73. The van der Waals surface area contributed by atoms with E-state index in [0.29, 0.717) is 0 Å². The molecule has 108 valence electrons. The average Bonchev–Trinajstić information content (AvgIpc) is 2.75. The lowest BCUT2D eigenvalue weighted by Gasteiger charge is -2.10. The molecule has 0 aliphatic heterocycles. The molecular weight excluding hydrogens is 287 g/mol. The molecule has 2 rings (SSSR count). The standard InChI is InChI=1S/C14H14F3NOS/c1-8-6-9(2)13(10(3)7-8)20-18-12-5-4-11(19-12)14(15,16)17/h4-7,18H,1-3H3. The third-order valence-corrected chi connectivity index (χ3v) is 3.90. The summed E-state index contributed by atoms with van der Waals surface area (Å²) >= 11 is 1.25. The first-order chi connectivity index (χ1) is 9.27. The van der Waals surface area contributed by atoms with Gasteiger partial charge in [-0.15, -0.1) is 0 Å². The van der Waals surface area contributed by atoms with Crippen molar-refractivity contribution in [2.24, 2.45) is 0 Å². The van der Waals surface area contributed by atoms with Crippen LogP contribution >= 0.6 is 11.9 Å². The molecule has 6 heteroatoms. The molecule has 1 aromatic carbocycles. The number of nitrogens with one attached hydrogen (secondary N) is 1. The molecule has 0 aliphatic carbocycles. The lowest BCUT2D eigenvalue weighted by Crippen LogP contribution is -2.02. The number of aryl methyl sites for hydroxylation is 3. The maximum absolute atomic E-state index is 12.4. The topological polar surface area (TPSA) is 25.2 Å². The van der Waals surface area contributed by atoms with Crippen LogP contribution in [-0.4, -0.2) is 0 Å². The second-order valence-electron chi connectivity index (χ2n) is 4.59. The highest BCUT2D eigenvalue weighted by molar-refractivity contribution is 8.00. The molecule has 0 unspecified atom stereocenters. The van der Waals surface area contributed by atoms with Crippen molar-refractivity contribution in [2.45, 2.75) is 31.8 Å². The van der Waals surface area contributed by atoms with Crippen molar-refractivity contribution < 1.29 is 17.6 Å². The zero-order valence-electron chi connectivity index (χ0n) is 11.3. The number of halogens is 3. The largest absolute Gasteiger partial charge is 0.449 e. The minimum Gasteiger partial charge on any atom is -0.435 e. The first-order valence-corrected chi connectivity index (χ1v) is 6.77. The Bertz CT molecular complexity index is 596. The van der Waals surface area contributed by atoms with E-state index in [-0.39, 0.29) is 5.88 Å².